The molecule has 2 aromatic carbocycles. The Bertz CT molecular complexity index is 1080. The number of piperidine rings is 1. The van der Waals surface area contributed by atoms with Crippen LogP contribution in [0.4, 0.5) is 5.69 Å². The number of carbonyl (C=O) groups is 4. The van der Waals surface area contributed by atoms with Crippen molar-refractivity contribution >= 4 is 29.4 Å². The van der Waals surface area contributed by atoms with E-state index in [0.717, 1.165) is 23.3 Å². The highest BCUT2D eigenvalue weighted by Gasteiger charge is 2.37. The average molecular weight is 420 g/mol. The first-order valence-corrected chi connectivity index (χ1v) is 10.4. The Labute approximate surface area is 180 Å². The van der Waals surface area contributed by atoms with Crippen molar-refractivity contribution in [1.82, 2.24) is 4.90 Å². The number of rotatable bonds is 4. The van der Waals surface area contributed by atoms with E-state index in [1.807, 2.05) is 19.1 Å². The van der Waals surface area contributed by atoms with E-state index >= 15 is 0 Å². The van der Waals surface area contributed by atoms with Crippen LogP contribution in [-0.4, -0.2) is 48.3 Å². The fourth-order valence-corrected chi connectivity index (χ4v) is 4.12. The van der Waals surface area contributed by atoms with Crippen molar-refractivity contribution in [2.75, 3.05) is 24.6 Å². The van der Waals surface area contributed by atoms with Crippen molar-refractivity contribution in [3.05, 3.63) is 64.7 Å². The highest BCUT2D eigenvalue weighted by Crippen LogP contribution is 2.31. The van der Waals surface area contributed by atoms with Crippen LogP contribution in [0, 0.1) is 12.8 Å². The number of hydrogen-bond acceptors (Lipinski definition) is 5. The summed E-state index contributed by atoms with van der Waals surface area (Å²) in [5.74, 6) is -1.40. The molecule has 1 fully saturated rings. The predicted octanol–water partition coefficient (Wildman–Crippen LogP) is 3.21. The van der Waals surface area contributed by atoms with Gasteiger partial charge in [-0.05, 0) is 55.5 Å². The van der Waals surface area contributed by atoms with Crippen molar-refractivity contribution in [2.45, 2.75) is 26.7 Å². The number of amides is 3. The molecule has 31 heavy (non-hydrogen) atoms. The molecule has 7 heteroatoms. The van der Waals surface area contributed by atoms with Gasteiger partial charge in [-0.25, -0.2) is 9.69 Å². The third kappa shape index (κ3) is 3.95. The van der Waals surface area contributed by atoms with Crippen LogP contribution in [0.25, 0.3) is 0 Å². The molecule has 1 atom stereocenters. The topological polar surface area (TPSA) is 84.0 Å². The number of carbonyl (C=O) groups excluding carboxylic acids is 4. The molecule has 1 unspecified atom stereocenters. The van der Waals surface area contributed by atoms with Crippen molar-refractivity contribution < 1.29 is 23.9 Å². The molecule has 3 amide bonds. The molecule has 0 aliphatic carbocycles. The Morgan fingerprint density at radius 3 is 2.55 bits per heavy atom. The van der Waals surface area contributed by atoms with E-state index in [1.54, 1.807) is 17.0 Å². The highest BCUT2D eigenvalue weighted by atomic mass is 16.5. The number of aryl methyl sites for hydroxylation is 1. The maximum absolute atomic E-state index is 12.9. The molecule has 160 valence electrons. The second kappa shape index (κ2) is 8.34. The molecule has 0 spiro atoms. The first kappa shape index (κ1) is 20.8. The SMILES string of the molecule is Cc1ccccc1N1C(=O)c2ccc(C(=O)OCC(=O)N3CCCC(C)C3)cc2C1=O. The summed E-state index contributed by atoms with van der Waals surface area (Å²) in [6.45, 7) is 4.91. The van der Waals surface area contributed by atoms with Gasteiger partial charge in [-0.1, -0.05) is 25.1 Å². The number of fused-ring (bicyclic) bond motifs is 1. The zero-order chi connectivity index (χ0) is 22.1. The van der Waals surface area contributed by atoms with Gasteiger partial charge in [0.05, 0.1) is 22.4 Å². The summed E-state index contributed by atoms with van der Waals surface area (Å²) in [5, 5.41) is 0. The van der Waals surface area contributed by atoms with Crippen LogP contribution in [0.1, 0.15) is 56.4 Å². The van der Waals surface area contributed by atoms with Crippen LogP contribution < -0.4 is 4.90 Å². The molecule has 4 rings (SSSR count). The zero-order valence-corrected chi connectivity index (χ0v) is 17.6. The zero-order valence-electron chi connectivity index (χ0n) is 17.6. The molecule has 0 radical (unpaired) electrons. The Kier molecular flexibility index (Phi) is 5.59. The number of ether oxygens (including phenoxy) is 1. The molecule has 0 aromatic heterocycles. The van der Waals surface area contributed by atoms with Gasteiger partial charge < -0.3 is 9.64 Å². The van der Waals surface area contributed by atoms with E-state index in [0.29, 0.717) is 24.7 Å². The molecule has 7 nitrogen and oxygen atoms in total. The first-order chi connectivity index (χ1) is 14.9. The summed E-state index contributed by atoms with van der Waals surface area (Å²) in [6.07, 6.45) is 2.03. The second-order valence-electron chi connectivity index (χ2n) is 8.16. The van der Waals surface area contributed by atoms with E-state index in [4.69, 9.17) is 4.74 Å². The number of nitrogens with zero attached hydrogens (tertiary/aromatic N) is 2. The van der Waals surface area contributed by atoms with E-state index in [-0.39, 0.29) is 29.2 Å². The van der Waals surface area contributed by atoms with Crippen LogP contribution in [0.5, 0.6) is 0 Å². The standard InChI is InChI=1S/C24H24N2O5/c1-15-6-5-11-25(13-15)21(27)14-31-24(30)17-9-10-18-19(12-17)23(29)26(22(18)28)20-8-4-3-7-16(20)2/h3-4,7-10,12,15H,5-6,11,13-14H2,1-2H3. The molecule has 0 N–H and O–H groups in total. The number of benzene rings is 2. The molecule has 2 aliphatic rings. The molecular formula is C24H24N2O5. The number of likely N-dealkylation sites (tertiary alicyclic amines) is 1. The fourth-order valence-electron chi connectivity index (χ4n) is 4.12. The number of esters is 1. The van der Waals surface area contributed by atoms with Crippen molar-refractivity contribution in [3.8, 4) is 0 Å². The number of anilines is 1. The van der Waals surface area contributed by atoms with Crippen LogP contribution in [0.3, 0.4) is 0 Å². The average Bonchev–Trinajstić information content (AvgIpc) is 3.02. The third-order valence-corrected chi connectivity index (χ3v) is 5.82. The Hall–Kier alpha value is -3.48. The number of para-hydroxylation sites is 1. The highest BCUT2D eigenvalue weighted by molar-refractivity contribution is 6.34. The predicted molar refractivity (Wildman–Crippen MR) is 114 cm³/mol. The molecule has 2 aliphatic heterocycles. The molecule has 1 saturated heterocycles. The summed E-state index contributed by atoms with van der Waals surface area (Å²) in [6, 6.07) is 11.4. The maximum Gasteiger partial charge on any atom is 0.338 e. The lowest BCUT2D eigenvalue weighted by Gasteiger charge is -2.30. The van der Waals surface area contributed by atoms with Crippen LogP contribution in [0.15, 0.2) is 42.5 Å². The normalized spacial score (nSPS) is 18.2. The largest absolute Gasteiger partial charge is 0.452 e. The van der Waals surface area contributed by atoms with E-state index in [9.17, 15) is 19.2 Å². The van der Waals surface area contributed by atoms with E-state index < -0.39 is 17.8 Å². The third-order valence-electron chi connectivity index (χ3n) is 5.82. The first-order valence-electron chi connectivity index (χ1n) is 10.4. The van der Waals surface area contributed by atoms with E-state index in [2.05, 4.69) is 6.92 Å². The summed E-state index contributed by atoms with van der Waals surface area (Å²) in [4.78, 5) is 53.4. The summed E-state index contributed by atoms with van der Waals surface area (Å²) in [5.41, 5.74) is 1.83. The molecule has 2 heterocycles. The minimum absolute atomic E-state index is 0.131. The van der Waals surface area contributed by atoms with Crippen LogP contribution in [-0.2, 0) is 9.53 Å². The molecular weight excluding hydrogens is 396 g/mol. The Morgan fingerprint density at radius 2 is 1.81 bits per heavy atom. The monoisotopic (exact) mass is 420 g/mol. The van der Waals surface area contributed by atoms with Gasteiger partial charge in [0.15, 0.2) is 6.61 Å². The lowest BCUT2D eigenvalue weighted by Crippen LogP contribution is -2.41. The number of hydrogen-bond donors (Lipinski definition) is 0. The lowest BCUT2D eigenvalue weighted by atomic mass is 10.0. The van der Waals surface area contributed by atoms with Crippen molar-refractivity contribution in [3.63, 3.8) is 0 Å². The summed E-state index contributed by atoms with van der Waals surface area (Å²) >= 11 is 0. The fraction of sp³-hybridized carbons (Fsp3) is 0.333. The summed E-state index contributed by atoms with van der Waals surface area (Å²) < 4.78 is 5.19. The van der Waals surface area contributed by atoms with Crippen LogP contribution in [0.2, 0.25) is 0 Å². The van der Waals surface area contributed by atoms with Gasteiger partial charge >= 0.3 is 5.97 Å². The van der Waals surface area contributed by atoms with Gasteiger partial charge in [-0.2, -0.15) is 0 Å². The van der Waals surface area contributed by atoms with E-state index in [1.165, 1.54) is 18.2 Å². The number of imide groups is 1. The van der Waals surface area contributed by atoms with Gasteiger partial charge in [-0.15, -0.1) is 0 Å². The molecule has 0 saturated carbocycles. The van der Waals surface area contributed by atoms with Crippen molar-refractivity contribution in [1.29, 1.82) is 0 Å². The quantitative estimate of drug-likeness (QED) is 0.560. The van der Waals surface area contributed by atoms with Gasteiger partial charge in [0.1, 0.15) is 0 Å². The molecule has 0 bridgehead atoms. The van der Waals surface area contributed by atoms with Gasteiger partial charge in [-0.3, -0.25) is 14.4 Å². The van der Waals surface area contributed by atoms with Gasteiger partial charge in [0.2, 0.25) is 0 Å². The van der Waals surface area contributed by atoms with Gasteiger partial charge in [0, 0.05) is 13.1 Å². The minimum atomic E-state index is -0.698. The Morgan fingerprint density at radius 1 is 1.06 bits per heavy atom. The van der Waals surface area contributed by atoms with Gasteiger partial charge in [0.25, 0.3) is 17.7 Å². The summed E-state index contributed by atoms with van der Waals surface area (Å²) in [7, 11) is 0. The van der Waals surface area contributed by atoms with Crippen LogP contribution >= 0.6 is 0 Å². The second-order valence-corrected chi connectivity index (χ2v) is 8.16. The molecule has 2 aromatic rings. The smallest absolute Gasteiger partial charge is 0.338 e. The minimum Gasteiger partial charge on any atom is -0.452 e. The maximum atomic E-state index is 12.9. The van der Waals surface area contributed by atoms with Crippen molar-refractivity contribution in [2.24, 2.45) is 5.92 Å². The lowest BCUT2D eigenvalue weighted by molar-refractivity contribution is -0.136. The Balaban J connectivity index is 1.47.